The van der Waals surface area contributed by atoms with Crippen molar-refractivity contribution in [3.63, 3.8) is 0 Å². The Bertz CT molecular complexity index is 1420. The first kappa shape index (κ1) is 25.4. The molecule has 1 aliphatic heterocycles. The average Bonchev–Trinajstić information content (AvgIpc) is 3.08. The first-order valence-corrected chi connectivity index (χ1v) is 14.3. The average molecular weight is 523 g/mol. The number of aryl methyl sites for hydroxylation is 1. The van der Waals surface area contributed by atoms with Crippen LogP contribution in [-0.2, 0) is 29.2 Å². The fourth-order valence-electron chi connectivity index (χ4n) is 5.13. The predicted molar refractivity (Wildman–Crippen MR) is 144 cm³/mol. The number of ether oxygens (including phenoxy) is 1. The molecular formula is C27H34N6O3S. The number of hydrogen-bond acceptors (Lipinski definition) is 9. The van der Waals surface area contributed by atoms with E-state index in [2.05, 4.69) is 28.7 Å². The molecule has 196 valence electrons. The Hall–Kier alpha value is -3.24. The van der Waals surface area contributed by atoms with E-state index in [-0.39, 0.29) is 21.9 Å². The lowest BCUT2D eigenvalue weighted by Crippen LogP contribution is -2.31. The van der Waals surface area contributed by atoms with Gasteiger partial charge < -0.3 is 21.1 Å². The van der Waals surface area contributed by atoms with Gasteiger partial charge in [0.15, 0.2) is 9.84 Å². The number of pyridine rings is 1. The van der Waals surface area contributed by atoms with Crippen LogP contribution in [0.2, 0.25) is 0 Å². The van der Waals surface area contributed by atoms with Gasteiger partial charge in [-0.25, -0.2) is 23.4 Å². The molecule has 10 heteroatoms. The number of benzene rings is 1. The minimum Gasteiger partial charge on any atom is -0.491 e. The van der Waals surface area contributed by atoms with E-state index in [0.717, 1.165) is 47.7 Å². The second-order valence-electron chi connectivity index (χ2n) is 10.6. The second-order valence-corrected chi connectivity index (χ2v) is 12.7. The molecule has 9 nitrogen and oxygen atoms in total. The molecule has 3 heterocycles. The normalized spacial score (nSPS) is 16.9. The Kier molecular flexibility index (Phi) is 6.80. The summed E-state index contributed by atoms with van der Waals surface area (Å²) in [7, 11) is -3.58. The van der Waals surface area contributed by atoms with Crippen LogP contribution in [0, 0.1) is 5.41 Å². The summed E-state index contributed by atoms with van der Waals surface area (Å²) in [6, 6.07) is 7.50. The van der Waals surface area contributed by atoms with E-state index < -0.39 is 9.84 Å². The number of nitrogens with zero attached hydrogens (tertiary/aromatic N) is 4. The van der Waals surface area contributed by atoms with Crippen molar-refractivity contribution in [3.8, 4) is 16.9 Å². The largest absolute Gasteiger partial charge is 0.491 e. The molecule has 2 aromatic heterocycles. The van der Waals surface area contributed by atoms with Gasteiger partial charge in [-0.15, -0.1) is 0 Å². The summed E-state index contributed by atoms with van der Waals surface area (Å²) in [5.41, 5.74) is 16.6. The molecule has 0 fully saturated rings. The van der Waals surface area contributed by atoms with Gasteiger partial charge in [0.2, 0.25) is 0 Å². The third kappa shape index (κ3) is 5.26. The fourth-order valence-corrected chi connectivity index (χ4v) is 6.58. The van der Waals surface area contributed by atoms with Crippen molar-refractivity contribution < 1.29 is 13.2 Å². The van der Waals surface area contributed by atoms with Gasteiger partial charge >= 0.3 is 0 Å². The van der Waals surface area contributed by atoms with E-state index in [1.807, 2.05) is 18.2 Å². The molecule has 5 rings (SSSR count). The summed E-state index contributed by atoms with van der Waals surface area (Å²) in [6.45, 7) is 6.76. The number of nitrogen functional groups attached to an aromatic ring is 1. The molecule has 0 unspecified atom stereocenters. The number of sulfone groups is 1. The van der Waals surface area contributed by atoms with Gasteiger partial charge in [-0.05, 0) is 61.4 Å². The minimum absolute atomic E-state index is 0.00139. The smallest absolute Gasteiger partial charge is 0.182 e. The van der Waals surface area contributed by atoms with Crippen LogP contribution < -0.4 is 21.1 Å². The zero-order valence-electron chi connectivity index (χ0n) is 21.4. The maximum atomic E-state index is 12.8. The highest BCUT2D eigenvalue weighted by molar-refractivity contribution is 7.91. The number of rotatable bonds is 6. The topological polar surface area (TPSA) is 137 Å². The van der Waals surface area contributed by atoms with E-state index >= 15 is 0 Å². The van der Waals surface area contributed by atoms with E-state index in [1.165, 1.54) is 5.56 Å². The number of hydrogen-bond donors (Lipinski definition) is 2. The number of anilines is 2. The Morgan fingerprint density at radius 2 is 1.97 bits per heavy atom. The summed E-state index contributed by atoms with van der Waals surface area (Å²) >= 11 is 0. The fraction of sp³-hybridized carbons (Fsp3) is 0.444. The van der Waals surface area contributed by atoms with Gasteiger partial charge in [0.1, 0.15) is 35.2 Å². The summed E-state index contributed by atoms with van der Waals surface area (Å²) in [4.78, 5) is 15.8. The van der Waals surface area contributed by atoms with Crippen molar-refractivity contribution in [2.75, 3.05) is 36.1 Å². The molecule has 2 aliphatic rings. The molecule has 4 N–H and O–H groups in total. The van der Waals surface area contributed by atoms with Crippen molar-refractivity contribution in [2.45, 2.75) is 51.0 Å². The lowest BCUT2D eigenvalue weighted by molar-refractivity contribution is 0.310. The molecular weight excluding hydrogens is 488 g/mol. The van der Waals surface area contributed by atoms with Crippen LogP contribution >= 0.6 is 0 Å². The van der Waals surface area contributed by atoms with Crippen LogP contribution in [0.5, 0.6) is 5.75 Å². The minimum atomic E-state index is -3.58. The third-order valence-electron chi connectivity index (χ3n) is 7.21. The van der Waals surface area contributed by atoms with Crippen molar-refractivity contribution in [1.82, 2.24) is 15.0 Å². The van der Waals surface area contributed by atoms with Crippen molar-refractivity contribution >= 4 is 21.5 Å². The van der Waals surface area contributed by atoms with Gasteiger partial charge in [-0.2, -0.15) is 0 Å². The molecule has 3 aromatic rings. The molecule has 0 spiro atoms. The maximum absolute atomic E-state index is 12.8. The van der Waals surface area contributed by atoms with Gasteiger partial charge in [0.05, 0.1) is 12.3 Å². The predicted octanol–water partition coefficient (Wildman–Crippen LogP) is 3.16. The molecule has 0 atom stereocenters. The number of fused-ring (bicyclic) bond motifs is 2. The van der Waals surface area contributed by atoms with E-state index in [1.54, 1.807) is 18.6 Å². The first-order valence-electron chi connectivity index (χ1n) is 12.7. The lowest BCUT2D eigenvalue weighted by Gasteiger charge is -2.33. The van der Waals surface area contributed by atoms with Crippen molar-refractivity contribution in [3.05, 3.63) is 53.6 Å². The zero-order valence-corrected chi connectivity index (χ0v) is 22.2. The highest BCUT2D eigenvalue weighted by Gasteiger charge is 2.30. The summed E-state index contributed by atoms with van der Waals surface area (Å²) in [5.74, 6) is 1.73. The SMILES string of the molecule is CC1(C)CCc2ncnc(N3CCOc4ccc(-c5cnc(N)c(S(=O)(=O)CCCN)c5)cc4C3)c2C1. The van der Waals surface area contributed by atoms with Crippen LogP contribution in [0.1, 0.15) is 43.5 Å². The van der Waals surface area contributed by atoms with E-state index in [0.29, 0.717) is 38.2 Å². The molecule has 0 radical (unpaired) electrons. The Balaban J connectivity index is 1.48. The quantitative estimate of drug-likeness (QED) is 0.500. The Morgan fingerprint density at radius 1 is 1.14 bits per heavy atom. The number of aromatic nitrogens is 3. The molecule has 1 aliphatic carbocycles. The van der Waals surface area contributed by atoms with Gasteiger partial charge in [-0.1, -0.05) is 19.9 Å². The Labute approximate surface area is 218 Å². The van der Waals surface area contributed by atoms with Crippen LogP contribution in [-0.4, -0.2) is 48.8 Å². The van der Waals surface area contributed by atoms with Gasteiger partial charge in [0.25, 0.3) is 0 Å². The van der Waals surface area contributed by atoms with Crippen molar-refractivity contribution in [2.24, 2.45) is 11.1 Å². The molecule has 0 saturated heterocycles. The Morgan fingerprint density at radius 3 is 2.78 bits per heavy atom. The third-order valence-corrected chi connectivity index (χ3v) is 9.04. The monoisotopic (exact) mass is 522 g/mol. The molecule has 37 heavy (non-hydrogen) atoms. The van der Waals surface area contributed by atoms with Crippen LogP contribution in [0.25, 0.3) is 11.1 Å². The van der Waals surface area contributed by atoms with Gasteiger partial charge in [0, 0.05) is 35.1 Å². The van der Waals surface area contributed by atoms with Crippen LogP contribution in [0.4, 0.5) is 11.6 Å². The summed E-state index contributed by atoms with van der Waals surface area (Å²) in [6.07, 6.45) is 6.66. The highest BCUT2D eigenvalue weighted by atomic mass is 32.2. The van der Waals surface area contributed by atoms with E-state index in [9.17, 15) is 8.42 Å². The van der Waals surface area contributed by atoms with E-state index in [4.69, 9.17) is 21.2 Å². The highest BCUT2D eigenvalue weighted by Crippen LogP contribution is 2.39. The molecule has 0 amide bonds. The maximum Gasteiger partial charge on any atom is 0.182 e. The lowest BCUT2D eigenvalue weighted by atomic mass is 9.76. The molecule has 0 saturated carbocycles. The van der Waals surface area contributed by atoms with Gasteiger partial charge in [-0.3, -0.25) is 0 Å². The summed E-state index contributed by atoms with van der Waals surface area (Å²) < 4.78 is 31.7. The molecule has 0 bridgehead atoms. The standard InChI is InChI=1S/C27H34N6O3S/c1-27(2)7-6-22-21(14-27)26(32-17-31-22)33-9-10-36-23-5-4-18(12-20(23)16-33)19-13-24(25(29)30-15-19)37(34,35)11-3-8-28/h4-5,12-13,15,17H,3,6-11,14,16,28H2,1-2H3,(H2,29,30). The number of nitrogens with two attached hydrogens (primary N) is 2. The van der Waals surface area contributed by atoms with Crippen LogP contribution in [0.3, 0.4) is 0 Å². The zero-order chi connectivity index (χ0) is 26.2. The first-order chi connectivity index (χ1) is 17.7. The molecule has 1 aromatic carbocycles. The summed E-state index contributed by atoms with van der Waals surface area (Å²) in [5, 5.41) is 0. The van der Waals surface area contributed by atoms with Crippen LogP contribution in [0.15, 0.2) is 41.7 Å². The second kappa shape index (κ2) is 9.90. The van der Waals surface area contributed by atoms with Crippen molar-refractivity contribution in [1.29, 1.82) is 0 Å².